The highest BCUT2D eigenvalue weighted by atomic mass is 15.3. The summed E-state index contributed by atoms with van der Waals surface area (Å²) in [5.41, 5.74) is 2.43. The van der Waals surface area contributed by atoms with E-state index >= 15 is 0 Å². The van der Waals surface area contributed by atoms with Gasteiger partial charge in [-0.05, 0) is 24.1 Å². The average molecular weight is 322 g/mol. The number of imidazole rings is 1. The molecule has 1 unspecified atom stereocenters. The molecule has 6 heteroatoms. The minimum Gasteiger partial charge on any atom is -0.313 e. The number of rotatable bonds is 5. The minimum atomic E-state index is 0.479. The van der Waals surface area contributed by atoms with Crippen molar-refractivity contribution < 1.29 is 0 Å². The van der Waals surface area contributed by atoms with Crippen LogP contribution < -0.4 is 5.32 Å². The molecule has 0 saturated heterocycles. The van der Waals surface area contributed by atoms with Crippen LogP contribution in [0.15, 0.2) is 43.0 Å². The fourth-order valence-corrected chi connectivity index (χ4v) is 3.27. The van der Waals surface area contributed by atoms with Gasteiger partial charge in [0.2, 0.25) is 0 Å². The quantitative estimate of drug-likeness (QED) is 0.782. The highest BCUT2D eigenvalue weighted by Gasteiger charge is 2.21. The molecule has 6 nitrogen and oxygen atoms in total. The van der Waals surface area contributed by atoms with Gasteiger partial charge in [0, 0.05) is 50.1 Å². The molecule has 0 aliphatic carbocycles. The zero-order valence-corrected chi connectivity index (χ0v) is 13.9. The molecule has 0 amide bonds. The third-order valence-corrected chi connectivity index (χ3v) is 4.67. The Morgan fingerprint density at radius 3 is 2.83 bits per heavy atom. The summed E-state index contributed by atoms with van der Waals surface area (Å²) >= 11 is 0. The molecule has 4 rings (SSSR count). The molecule has 1 aromatic carbocycles. The fourth-order valence-electron chi connectivity index (χ4n) is 3.27. The SMILES string of the molecule is CCc1nnc2n1CC(NCc1ccc(-n3ccnc3)cc1)CC2. The Hall–Kier alpha value is -2.47. The smallest absolute Gasteiger partial charge is 0.133 e. The molecular weight excluding hydrogens is 300 g/mol. The maximum Gasteiger partial charge on any atom is 0.133 e. The Morgan fingerprint density at radius 2 is 2.08 bits per heavy atom. The van der Waals surface area contributed by atoms with E-state index in [0.717, 1.165) is 49.7 Å². The fraction of sp³-hybridized carbons (Fsp3) is 0.389. The Morgan fingerprint density at radius 1 is 1.21 bits per heavy atom. The van der Waals surface area contributed by atoms with Crippen LogP contribution in [0.1, 0.15) is 30.6 Å². The lowest BCUT2D eigenvalue weighted by atomic mass is 10.1. The molecule has 3 aromatic rings. The van der Waals surface area contributed by atoms with E-state index in [9.17, 15) is 0 Å². The van der Waals surface area contributed by atoms with Crippen LogP contribution in [0.4, 0.5) is 0 Å². The van der Waals surface area contributed by atoms with Crippen LogP contribution >= 0.6 is 0 Å². The summed E-state index contributed by atoms with van der Waals surface area (Å²) in [5, 5.41) is 12.3. The topological polar surface area (TPSA) is 60.6 Å². The van der Waals surface area contributed by atoms with Gasteiger partial charge in [-0.1, -0.05) is 19.1 Å². The number of fused-ring (bicyclic) bond motifs is 1. The molecule has 2 aromatic heterocycles. The zero-order chi connectivity index (χ0) is 16.4. The largest absolute Gasteiger partial charge is 0.313 e. The van der Waals surface area contributed by atoms with Crippen molar-refractivity contribution in [3.8, 4) is 5.69 Å². The molecule has 3 heterocycles. The first kappa shape index (κ1) is 15.1. The van der Waals surface area contributed by atoms with Gasteiger partial charge in [-0.3, -0.25) is 0 Å². The minimum absolute atomic E-state index is 0.479. The van der Waals surface area contributed by atoms with E-state index in [1.807, 2.05) is 17.1 Å². The second kappa shape index (κ2) is 6.57. The van der Waals surface area contributed by atoms with Crippen LogP contribution in [0.25, 0.3) is 5.69 Å². The highest BCUT2D eigenvalue weighted by molar-refractivity contribution is 5.34. The molecule has 0 saturated carbocycles. The van der Waals surface area contributed by atoms with E-state index in [0.29, 0.717) is 6.04 Å². The summed E-state index contributed by atoms with van der Waals surface area (Å²) in [6.07, 6.45) is 8.63. The van der Waals surface area contributed by atoms with Gasteiger partial charge in [0.05, 0.1) is 6.33 Å². The van der Waals surface area contributed by atoms with Crippen LogP contribution in [0.5, 0.6) is 0 Å². The van der Waals surface area contributed by atoms with E-state index in [2.05, 4.69) is 56.3 Å². The molecule has 1 N–H and O–H groups in total. The summed E-state index contributed by atoms with van der Waals surface area (Å²) in [7, 11) is 0. The van der Waals surface area contributed by atoms with Crippen molar-refractivity contribution >= 4 is 0 Å². The van der Waals surface area contributed by atoms with Crippen molar-refractivity contribution in [1.29, 1.82) is 0 Å². The molecule has 0 radical (unpaired) electrons. The zero-order valence-electron chi connectivity index (χ0n) is 13.9. The van der Waals surface area contributed by atoms with Crippen molar-refractivity contribution in [3.63, 3.8) is 0 Å². The lowest BCUT2D eigenvalue weighted by Gasteiger charge is -2.25. The average Bonchev–Trinajstić information content (AvgIpc) is 3.29. The van der Waals surface area contributed by atoms with Gasteiger partial charge in [-0.15, -0.1) is 10.2 Å². The van der Waals surface area contributed by atoms with Crippen molar-refractivity contribution in [2.24, 2.45) is 0 Å². The van der Waals surface area contributed by atoms with Gasteiger partial charge >= 0.3 is 0 Å². The summed E-state index contributed by atoms with van der Waals surface area (Å²) in [6.45, 7) is 3.99. The third-order valence-electron chi connectivity index (χ3n) is 4.67. The van der Waals surface area contributed by atoms with Crippen LogP contribution in [0, 0.1) is 0 Å². The molecule has 0 spiro atoms. The number of hydrogen-bond donors (Lipinski definition) is 1. The Balaban J connectivity index is 1.37. The van der Waals surface area contributed by atoms with E-state index in [-0.39, 0.29) is 0 Å². The van der Waals surface area contributed by atoms with E-state index in [1.165, 1.54) is 5.56 Å². The van der Waals surface area contributed by atoms with Crippen LogP contribution in [-0.2, 0) is 25.9 Å². The normalized spacial score (nSPS) is 17.0. The number of nitrogens with zero attached hydrogens (tertiary/aromatic N) is 5. The van der Waals surface area contributed by atoms with Crippen LogP contribution in [0.3, 0.4) is 0 Å². The standard InChI is InChI=1S/C18H22N6/c1-2-17-21-22-18-8-5-15(12-24(17)18)20-11-14-3-6-16(7-4-14)23-10-9-19-13-23/h3-4,6-7,9-10,13,15,20H,2,5,8,11-12H2,1H3. The van der Waals surface area contributed by atoms with Gasteiger partial charge in [0.15, 0.2) is 0 Å². The first-order chi connectivity index (χ1) is 11.8. The molecule has 24 heavy (non-hydrogen) atoms. The first-order valence-electron chi connectivity index (χ1n) is 8.55. The number of nitrogens with one attached hydrogen (secondary N) is 1. The Bertz CT molecular complexity index is 774. The van der Waals surface area contributed by atoms with Crippen molar-refractivity contribution in [3.05, 3.63) is 60.2 Å². The lowest BCUT2D eigenvalue weighted by Crippen LogP contribution is -2.37. The van der Waals surface area contributed by atoms with E-state index in [4.69, 9.17) is 0 Å². The number of benzene rings is 1. The van der Waals surface area contributed by atoms with Gasteiger partial charge < -0.3 is 14.5 Å². The highest BCUT2D eigenvalue weighted by Crippen LogP contribution is 2.16. The lowest BCUT2D eigenvalue weighted by molar-refractivity contribution is 0.373. The van der Waals surface area contributed by atoms with Crippen molar-refractivity contribution in [1.82, 2.24) is 29.6 Å². The van der Waals surface area contributed by atoms with Crippen LogP contribution in [-0.4, -0.2) is 30.4 Å². The Kier molecular flexibility index (Phi) is 4.13. The van der Waals surface area contributed by atoms with Gasteiger partial charge in [0.1, 0.15) is 11.6 Å². The summed E-state index contributed by atoms with van der Waals surface area (Å²) in [4.78, 5) is 4.08. The maximum absolute atomic E-state index is 4.29. The first-order valence-corrected chi connectivity index (χ1v) is 8.55. The Labute approximate surface area is 141 Å². The van der Waals surface area contributed by atoms with Gasteiger partial charge in [-0.2, -0.15) is 0 Å². The second-order valence-corrected chi connectivity index (χ2v) is 6.25. The summed E-state index contributed by atoms with van der Waals surface area (Å²) in [5.74, 6) is 2.23. The predicted octanol–water partition coefficient (Wildman–Crippen LogP) is 2.13. The molecule has 1 atom stereocenters. The van der Waals surface area contributed by atoms with Crippen molar-refractivity contribution in [2.75, 3.05) is 0 Å². The number of hydrogen-bond acceptors (Lipinski definition) is 4. The number of aryl methyl sites for hydroxylation is 2. The third kappa shape index (κ3) is 2.97. The van der Waals surface area contributed by atoms with Crippen molar-refractivity contribution in [2.45, 2.75) is 45.3 Å². The molecule has 0 fully saturated rings. The molecule has 1 aliphatic rings. The van der Waals surface area contributed by atoms with Gasteiger partial charge in [0.25, 0.3) is 0 Å². The summed E-state index contributed by atoms with van der Waals surface area (Å²) in [6, 6.07) is 9.09. The predicted molar refractivity (Wildman–Crippen MR) is 91.9 cm³/mol. The number of aromatic nitrogens is 5. The molecule has 1 aliphatic heterocycles. The van der Waals surface area contributed by atoms with Crippen LogP contribution in [0.2, 0.25) is 0 Å². The monoisotopic (exact) mass is 322 g/mol. The van der Waals surface area contributed by atoms with E-state index < -0.39 is 0 Å². The van der Waals surface area contributed by atoms with E-state index in [1.54, 1.807) is 6.20 Å². The molecule has 124 valence electrons. The summed E-state index contributed by atoms with van der Waals surface area (Å²) < 4.78 is 4.29. The molecular formula is C18H22N6. The van der Waals surface area contributed by atoms with Gasteiger partial charge in [-0.25, -0.2) is 4.98 Å². The molecule has 0 bridgehead atoms. The second-order valence-electron chi connectivity index (χ2n) is 6.25. The maximum atomic E-state index is 4.29.